The molecule has 0 saturated carbocycles. The first-order chi connectivity index (χ1) is 13.0. The molecule has 0 radical (unpaired) electrons. The lowest BCUT2D eigenvalue weighted by molar-refractivity contribution is -0.147. The summed E-state index contributed by atoms with van der Waals surface area (Å²) in [5.74, 6) is -4.16. The maximum absolute atomic E-state index is 14.4. The van der Waals surface area contributed by atoms with Gasteiger partial charge in [-0.05, 0) is 33.6 Å². The lowest BCUT2D eigenvalue weighted by Gasteiger charge is -2.30. The van der Waals surface area contributed by atoms with Gasteiger partial charge in [-0.1, -0.05) is 0 Å². The van der Waals surface area contributed by atoms with E-state index in [1.54, 1.807) is 20.8 Å². The Morgan fingerprint density at radius 2 is 1.79 bits per heavy atom. The van der Waals surface area contributed by atoms with Crippen LogP contribution in [0.2, 0.25) is 0 Å². The summed E-state index contributed by atoms with van der Waals surface area (Å²) >= 11 is 0. The minimum absolute atomic E-state index is 0.115. The third-order valence-electron chi connectivity index (χ3n) is 4.73. The van der Waals surface area contributed by atoms with Crippen molar-refractivity contribution in [3.05, 3.63) is 23.8 Å². The SMILES string of the molecule is COC(=O)C1CCN2C(=O)N(c3cc(F)c(OC(C)(C)C)c(F)c3)C(=O)C2C1. The monoisotopic (exact) mass is 396 g/mol. The van der Waals surface area contributed by atoms with Crippen LogP contribution in [0.1, 0.15) is 33.6 Å². The molecule has 2 aliphatic heterocycles. The van der Waals surface area contributed by atoms with E-state index in [-0.39, 0.29) is 18.7 Å². The largest absolute Gasteiger partial charge is 0.482 e. The number of fused-ring (bicyclic) bond motifs is 1. The molecule has 3 rings (SSSR count). The van der Waals surface area contributed by atoms with Crippen LogP contribution in [0.25, 0.3) is 0 Å². The van der Waals surface area contributed by atoms with Crippen molar-refractivity contribution in [2.24, 2.45) is 5.92 Å². The number of amides is 3. The Labute approximate surface area is 161 Å². The van der Waals surface area contributed by atoms with E-state index < -0.39 is 52.9 Å². The van der Waals surface area contributed by atoms with Crippen LogP contribution in [0.5, 0.6) is 5.75 Å². The Morgan fingerprint density at radius 3 is 2.32 bits per heavy atom. The van der Waals surface area contributed by atoms with Gasteiger partial charge in [-0.2, -0.15) is 0 Å². The smallest absolute Gasteiger partial charge is 0.332 e. The Kier molecular flexibility index (Phi) is 5.03. The van der Waals surface area contributed by atoms with E-state index in [1.165, 1.54) is 12.0 Å². The van der Waals surface area contributed by atoms with Gasteiger partial charge >= 0.3 is 12.0 Å². The molecule has 7 nitrogen and oxygen atoms in total. The molecule has 2 aliphatic rings. The number of imide groups is 1. The summed E-state index contributed by atoms with van der Waals surface area (Å²) in [5.41, 5.74) is -1.04. The van der Waals surface area contributed by atoms with E-state index in [0.29, 0.717) is 6.42 Å². The van der Waals surface area contributed by atoms with Gasteiger partial charge in [0.2, 0.25) is 0 Å². The Hall–Kier alpha value is -2.71. The Balaban J connectivity index is 1.89. The predicted octanol–water partition coefficient (Wildman–Crippen LogP) is 2.86. The number of methoxy groups -OCH3 is 1. The van der Waals surface area contributed by atoms with Gasteiger partial charge in [-0.3, -0.25) is 9.59 Å². The highest BCUT2D eigenvalue weighted by molar-refractivity contribution is 6.21. The number of benzene rings is 1. The first-order valence-electron chi connectivity index (χ1n) is 8.94. The van der Waals surface area contributed by atoms with E-state index in [9.17, 15) is 23.2 Å². The number of anilines is 1. The van der Waals surface area contributed by atoms with Crippen molar-refractivity contribution in [1.82, 2.24) is 4.90 Å². The molecule has 0 spiro atoms. The number of halogens is 2. The fourth-order valence-corrected chi connectivity index (χ4v) is 3.50. The number of piperidine rings is 1. The van der Waals surface area contributed by atoms with Crippen molar-refractivity contribution in [3.63, 3.8) is 0 Å². The van der Waals surface area contributed by atoms with Crippen LogP contribution in [0.4, 0.5) is 19.3 Å². The number of hydrogen-bond acceptors (Lipinski definition) is 5. The zero-order chi connectivity index (χ0) is 20.8. The number of nitrogens with zero attached hydrogens (tertiary/aromatic N) is 2. The van der Waals surface area contributed by atoms with Crippen LogP contribution in [-0.4, -0.2) is 48.1 Å². The number of ether oxygens (including phenoxy) is 2. The molecule has 1 aromatic carbocycles. The van der Waals surface area contributed by atoms with Crippen LogP contribution < -0.4 is 9.64 Å². The number of rotatable bonds is 3. The van der Waals surface area contributed by atoms with Gasteiger partial charge in [-0.15, -0.1) is 0 Å². The van der Waals surface area contributed by atoms with Crippen LogP contribution in [0.15, 0.2) is 12.1 Å². The maximum Gasteiger partial charge on any atom is 0.332 e. The van der Waals surface area contributed by atoms with Gasteiger partial charge in [0.05, 0.1) is 18.7 Å². The summed E-state index contributed by atoms with van der Waals surface area (Å²) in [6.07, 6.45) is 0.473. The topological polar surface area (TPSA) is 76.2 Å². The molecule has 28 heavy (non-hydrogen) atoms. The highest BCUT2D eigenvalue weighted by Gasteiger charge is 2.50. The van der Waals surface area contributed by atoms with E-state index in [1.807, 2.05) is 0 Å². The van der Waals surface area contributed by atoms with Gasteiger partial charge in [0, 0.05) is 18.7 Å². The molecule has 0 N–H and O–H groups in total. The van der Waals surface area contributed by atoms with Gasteiger partial charge in [-0.25, -0.2) is 18.5 Å². The molecule has 2 heterocycles. The number of hydrogen-bond donors (Lipinski definition) is 0. The van der Waals surface area contributed by atoms with Gasteiger partial charge < -0.3 is 14.4 Å². The third kappa shape index (κ3) is 3.53. The van der Waals surface area contributed by atoms with Crippen molar-refractivity contribution in [2.75, 3.05) is 18.6 Å². The van der Waals surface area contributed by atoms with Crippen molar-refractivity contribution in [1.29, 1.82) is 0 Å². The van der Waals surface area contributed by atoms with E-state index >= 15 is 0 Å². The minimum Gasteiger partial charge on any atom is -0.482 e. The Bertz CT molecular complexity index is 813. The highest BCUT2D eigenvalue weighted by Crippen LogP contribution is 2.36. The summed E-state index contributed by atoms with van der Waals surface area (Å²) in [4.78, 5) is 39.3. The summed E-state index contributed by atoms with van der Waals surface area (Å²) in [6.45, 7) is 5.11. The predicted molar refractivity (Wildman–Crippen MR) is 94.9 cm³/mol. The molecule has 152 valence electrons. The third-order valence-corrected chi connectivity index (χ3v) is 4.73. The van der Waals surface area contributed by atoms with Gasteiger partial charge in [0.1, 0.15) is 11.6 Å². The van der Waals surface area contributed by atoms with E-state index in [2.05, 4.69) is 0 Å². The van der Waals surface area contributed by atoms with Crippen LogP contribution in [0, 0.1) is 17.6 Å². The second-order valence-corrected chi connectivity index (χ2v) is 7.86. The number of urea groups is 1. The molecule has 2 fully saturated rings. The fourth-order valence-electron chi connectivity index (χ4n) is 3.50. The molecule has 9 heteroatoms. The molecule has 2 saturated heterocycles. The van der Waals surface area contributed by atoms with Crippen molar-refractivity contribution >= 4 is 23.6 Å². The Morgan fingerprint density at radius 1 is 1.18 bits per heavy atom. The van der Waals surface area contributed by atoms with Crippen LogP contribution in [-0.2, 0) is 14.3 Å². The minimum atomic E-state index is -1.01. The highest BCUT2D eigenvalue weighted by atomic mass is 19.1. The van der Waals surface area contributed by atoms with E-state index in [4.69, 9.17) is 9.47 Å². The first kappa shape index (κ1) is 20.0. The van der Waals surface area contributed by atoms with Crippen molar-refractivity contribution in [3.8, 4) is 5.75 Å². The number of esters is 1. The fraction of sp³-hybridized carbons (Fsp3) is 0.526. The van der Waals surface area contributed by atoms with Crippen molar-refractivity contribution in [2.45, 2.75) is 45.3 Å². The molecular weight excluding hydrogens is 374 g/mol. The second kappa shape index (κ2) is 7.03. The standard InChI is InChI=1S/C19H22F2N2O5/c1-19(2,3)28-15-12(20)8-11(9-13(15)21)23-16(24)14-7-10(17(25)27-4)5-6-22(14)18(23)26/h8-10,14H,5-7H2,1-4H3. The van der Waals surface area contributed by atoms with Gasteiger partial charge in [0.25, 0.3) is 5.91 Å². The molecular formula is C19H22F2N2O5. The van der Waals surface area contributed by atoms with E-state index in [0.717, 1.165) is 17.0 Å². The molecule has 2 atom stereocenters. The average molecular weight is 396 g/mol. The average Bonchev–Trinajstić information content (AvgIpc) is 2.87. The number of carbonyl (C=O) groups excluding carboxylic acids is 3. The molecule has 3 amide bonds. The molecule has 0 aromatic heterocycles. The summed E-state index contributed by atoms with van der Waals surface area (Å²) in [6, 6.07) is 0.274. The molecule has 0 aliphatic carbocycles. The van der Waals surface area contributed by atoms with Gasteiger partial charge in [0.15, 0.2) is 17.4 Å². The summed E-state index contributed by atoms with van der Waals surface area (Å²) in [5, 5.41) is 0. The van der Waals surface area contributed by atoms with Crippen LogP contribution >= 0.6 is 0 Å². The zero-order valence-electron chi connectivity index (χ0n) is 16.1. The maximum atomic E-state index is 14.4. The first-order valence-corrected chi connectivity index (χ1v) is 8.94. The number of carbonyl (C=O) groups is 3. The summed E-state index contributed by atoms with van der Waals surface area (Å²) < 4.78 is 38.9. The summed E-state index contributed by atoms with van der Waals surface area (Å²) in [7, 11) is 1.26. The van der Waals surface area contributed by atoms with Crippen LogP contribution in [0.3, 0.4) is 0 Å². The molecule has 1 aromatic rings. The lowest BCUT2D eigenvalue weighted by atomic mass is 9.91. The lowest BCUT2D eigenvalue weighted by Crippen LogP contribution is -2.44. The van der Waals surface area contributed by atoms with Crippen molar-refractivity contribution < 1.29 is 32.6 Å². The molecule has 2 unspecified atom stereocenters. The second-order valence-electron chi connectivity index (χ2n) is 7.86. The normalized spacial score (nSPS) is 22.4. The zero-order valence-corrected chi connectivity index (χ0v) is 16.1. The quantitative estimate of drug-likeness (QED) is 0.580. The molecule has 0 bridgehead atoms.